The molecule has 3 N–H and O–H groups in total. The van der Waals surface area contributed by atoms with Crippen molar-refractivity contribution in [3.05, 3.63) is 35.4 Å². The Morgan fingerprint density at radius 3 is 1.84 bits per heavy atom. The molecule has 0 spiro atoms. The van der Waals surface area contributed by atoms with Crippen LogP contribution in [-0.4, -0.2) is 46.8 Å². The molecule has 0 bridgehead atoms. The fourth-order valence-electron chi connectivity index (χ4n) is 3.13. The summed E-state index contributed by atoms with van der Waals surface area (Å²) < 4.78 is 23.3. The van der Waals surface area contributed by atoms with Gasteiger partial charge in [-0.05, 0) is 44.2 Å². The normalized spacial score (nSPS) is 12.9. The number of benzene rings is 1. The molecule has 174 valence electrons. The summed E-state index contributed by atoms with van der Waals surface area (Å²) in [5, 5.41) is 20.9. The van der Waals surface area contributed by atoms with Crippen molar-refractivity contribution >= 4 is 25.4 Å². The molecule has 0 saturated heterocycles. The summed E-state index contributed by atoms with van der Waals surface area (Å²) in [5.74, 6) is -4.45. The fourth-order valence-corrected chi connectivity index (χ4v) is 4.84. The lowest BCUT2D eigenvalue weighted by molar-refractivity contribution is -0.162. The number of hydrogen-bond donors (Lipinski definition) is 3. The molecule has 0 fully saturated rings. The smallest absolute Gasteiger partial charge is 0.341 e. The van der Waals surface area contributed by atoms with Crippen LogP contribution < -0.4 is 5.32 Å². The van der Waals surface area contributed by atoms with Gasteiger partial charge in [-0.25, -0.2) is 9.59 Å². The van der Waals surface area contributed by atoms with Gasteiger partial charge in [0.1, 0.15) is 0 Å². The van der Waals surface area contributed by atoms with Crippen molar-refractivity contribution in [2.45, 2.75) is 58.7 Å². The fraction of sp³-hybridized carbons (Fsp3) is 0.571. The molecule has 1 aromatic carbocycles. The summed E-state index contributed by atoms with van der Waals surface area (Å²) in [4.78, 5) is 35.7. The zero-order valence-electron chi connectivity index (χ0n) is 18.4. The molecule has 1 atom stereocenters. The number of carbonyl (C=O) groups excluding carboxylic acids is 1. The highest BCUT2D eigenvalue weighted by Gasteiger charge is 2.47. The Morgan fingerprint density at radius 1 is 0.968 bits per heavy atom. The van der Waals surface area contributed by atoms with Crippen LogP contribution in [0.4, 0.5) is 0 Å². The van der Waals surface area contributed by atoms with Crippen LogP contribution in [0.2, 0.25) is 0 Å². The van der Waals surface area contributed by atoms with Crippen LogP contribution in [0.15, 0.2) is 24.3 Å². The number of hydrogen-bond acceptors (Lipinski definition) is 6. The quantitative estimate of drug-likeness (QED) is 0.285. The number of amides is 1. The molecular formula is C21H32NO8P. The average molecular weight is 457 g/mol. The Morgan fingerprint density at radius 2 is 1.45 bits per heavy atom. The van der Waals surface area contributed by atoms with E-state index in [1.165, 1.54) is 6.92 Å². The van der Waals surface area contributed by atoms with Gasteiger partial charge in [0.15, 0.2) is 0 Å². The molecule has 1 amide bonds. The number of rotatable bonds is 14. The van der Waals surface area contributed by atoms with E-state index in [0.29, 0.717) is 12.8 Å². The zero-order chi connectivity index (χ0) is 23.7. The third kappa shape index (κ3) is 7.16. The number of carbonyl (C=O) groups is 3. The monoisotopic (exact) mass is 457 g/mol. The molecule has 9 nitrogen and oxygen atoms in total. The summed E-state index contributed by atoms with van der Waals surface area (Å²) in [5.41, 5.74) is -0.789. The van der Waals surface area contributed by atoms with E-state index in [1.807, 2.05) is 0 Å². The first-order valence-corrected chi connectivity index (χ1v) is 12.0. The van der Waals surface area contributed by atoms with Crippen molar-refractivity contribution in [1.82, 2.24) is 5.32 Å². The average Bonchev–Trinajstić information content (AvgIpc) is 2.71. The van der Waals surface area contributed by atoms with Crippen molar-refractivity contribution in [2.24, 2.45) is 5.92 Å². The van der Waals surface area contributed by atoms with E-state index in [1.54, 1.807) is 45.0 Å². The van der Waals surface area contributed by atoms with E-state index >= 15 is 0 Å². The van der Waals surface area contributed by atoms with Gasteiger partial charge in [0.05, 0.1) is 19.4 Å². The number of carboxylic acids is 2. The second-order valence-electron chi connectivity index (χ2n) is 7.09. The minimum Gasteiger partial charge on any atom is -0.479 e. The highest BCUT2D eigenvalue weighted by molar-refractivity contribution is 7.53. The van der Waals surface area contributed by atoms with E-state index in [0.717, 1.165) is 11.1 Å². The van der Waals surface area contributed by atoms with Gasteiger partial charge < -0.3 is 24.6 Å². The largest absolute Gasteiger partial charge is 0.479 e. The maximum atomic E-state index is 12.7. The van der Waals surface area contributed by atoms with Gasteiger partial charge in [-0.3, -0.25) is 9.36 Å². The Labute approximate surface area is 182 Å². The van der Waals surface area contributed by atoms with Crippen molar-refractivity contribution in [3.8, 4) is 0 Å². The van der Waals surface area contributed by atoms with Crippen LogP contribution in [0.3, 0.4) is 0 Å². The molecule has 0 aliphatic carbocycles. The Kier molecular flexibility index (Phi) is 10.4. The molecule has 0 heterocycles. The third-order valence-corrected chi connectivity index (χ3v) is 7.05. The molecule has 10 heteroatoms. The maximum Gasteiger partial charge on any atom is 0.341 e. The van der Waals surface area contributed by atoms with Crippen LogP contribution >= 0.6 is 7.60 Å². The van der Waals surface area contributed by atoms with E-state index < -0.39 is 36.9 Å². The Balaban J connectivity index is 2.92. The second-order valence-corrected chi connectivity index (χ2v) is 9.14. The van der Waals surface area contributed by atoms with Crippen LogP contribution in [0.25, 0.3) is 0 Å². The van der Waals surface area contributed by atoms with Gasteiger partial charge in [0, 0.05) is 5.92 Å². The van der Waals surface area contributed by atoms with Crippen LogP contribution in [0.1, 0.15) is 51.7 Å². The SMILES string of the molecule is CCOP(=O)(Cc1ccc(CC(CC)C(=O)NC(CC)(C(=O)O)C(=O)O)cc1)OCC. The highest BCUT2D eigenvalue weighted by Crippen LogP contribution is 2.51. The summed E-state index contributed by atoms with van der Waals surface area (Å²) in [6.45, 7) is 7.20. The number of carboxylic acid groups (broad SMARTS) is 2. The number of nitrogens with one attached hydrogen (secondary N) is 1. The molecule has 0 aromatic heterocycles. The minimum absolute atomic E-state index is 0.128. The van der Waals surface area contributed by atoms with Crippen LogP contribution in [-0.2, 0) is 40.6 Å². The molecule has 0 radical (unpaired) electrons. The lowest BCUT2D eigenvalue weighted by Gasteiger charge is -2.27. The molecule has 0 aliphatic rings. The van der Waals surface area contributed by atoms with E-state index in [9.17, 15) is 29.2 Å². The van der Waals surface area contributed by atoms with Crippen LogP contribution in [0, 0.1) is 5.92 Å². The standard InChI is InChI=1S/C21H32NO8P/c1-5-17(18(23)22-21(6-2,19(24)25)20(26)27)13-15-9-11-16(12-10-15)14-31(28,29-7-3)30-8-4/h9-12,17H,5-8,13-14H2,1-4H3,(H,22,23)(H,24,25)(H,26,27). The molecule has 31 heavy (non-hydrogen) atoms. The summed E-state index contributed by atoms with van der Waals surface area (Å²) in [6, 6.07) is 7.12. The van der Waals surface area contributed by atoms with Gasteiger partial charge in [-0.15, -0.1) is 0 Å². The predicted molar refractivity (Wildman–Crippen MR) is 115 cm³/mol. The zero-order valence-corrected chi connectivity index (χ0v) is 19.3. The van der Waals surface area contributed by atoms with Crippen molar-refractivity contribution in [3.63, 3.8) is 0 Å². The highest BCUT2D eigenvalue weighted by atomic mass is 31.2. The minimum atomic E-state index is -3.23. The first-order chi connectivity index (χ1) is 14.6. The molecule has 1 rings (SSSR count). The lowest BCUT2D eigenvalue weighted by Crippen LogP contribution is -2.61. The van der Waals surface area contributed by atoms with Gasteiger partial charge in [0.2, 0.25) is 11.4 Å². The number of aliphatic carboxylic acids is 2. The Bertz CT molecular complexity index is 784. The second kappa shape index (κ2) is 12.0. The summed E-state index contributed by atoms with van der Waals surface area (Å²) in [6.07, 6.45) is 0.546. The lowest BCUT2D eigenvalue weighted by atomic mass is 9.91. The van der Waals surface area contributed by atoms with Gasteiger partial charge in [-0.1, -0.05) is 38.1 Å². The first kappa shape index (κ1) is 26.8. The maximum absolute atomic E-state index is 12.7. The topological polar surface area (TPSA) is 139 Å². The first-order valence-electron chi connectivity index (χ1n) is 10.3. The van der Waals surface area contributed by atoms with E-state index in [2.05, 4.69) is 5.32 Å². The summed E-state index contributed by atoms with van der Waals surface area (Å²) >= 11 is 0. The molecular weight excluding hydrogens is 425 g/mol. The van der Waals surface area contributed by atoms with E-state index in [-0.39, 0.29) is 25.8 Å². The molecule has 0 saturated carbocycles. The van der Waals surface area contributed by atoms with Gasteiger partial charge in [-0.2, -0.15) is 0 Å². The van der Waals surface area contributed by atoms with Gasteiger partial charge in [0.25, 0.3) is 0 Å². The van der Waals surface area contributed by atoms with Crippen LogP contribution in [0.5, 0.6) is 0 Å². The van der Waals surface area contributed by atoms with E-state index in [4.69, 9.17) is 9.05 Å². The molecule has 1 unspecified atom stereocenters. The van der Waals surface area contributed by atoms with Crippen molar-refractivity contribution in [1.29, 1.82) is 0 Å². The van der Waals surface area contributed by atoms with Crippen molar-refractivity contribution < 1.29 is 38.2 Å². The predicted octanol–water partition coefficient (Wildman–Crippen LogP) is 3.46. The van der Waals surface area contributed by atoms with Gasteiger partial charge >= 0.3 is 19.5 Å². The summed E-state index contributed by atoms with van der Waals surface area (Å²) in [7, 11) is -3.23. The van der Waals surface area contributed by atoms with Crippen molar-refractivity contribution in [2.75, 3.05) is 13.2 Å². The molecule has 0 aliphatic heterocycles. The Hall–Kier alpha value is -2.22. The molecule has 1 aromatic rings. The third-order valence-electron chi connectivity index (χ3n) is 4.99.